The zero-order valence-electron chi connectivity index (χ0n) is 9.05. The summed E-state index contributed by atoms with van der Waals surface area (Å²) in [7, 11) is 0. The van der Waals surface area contributed by atoms with Crippen molar-refractivity contribution < 1.29 is 4.74 Å². The van der Waals surface area contributed by atoms with Crippen LogP contribution in [0.5, 0.6) is 11.6 Å². The van der Waals surface area contributed by atoms with E-state index in [1.807, 2.05) is 30.5 Å². The summed E-state index contributed by atoms with van der Waals surface area (Å²) in [5.41, 5.74) is 5.50. The molecule has 1 aromatic heterocycles. The molecule has 0 atom stereocenters. The fraction of sp³-hybridized carbons (Fsp3) is 0.0909. The minimum absolute atomic E-state index is 0.184. The molecule has 0 fully saturated rings. The van der Waals surface area contributed by atoms with Crippen LogP contribution < -0.4 is 10.5 Å². The Hall–Kier alpha value is -1.27. The Morgan fingerprint density at radius 2 is 2.00 bits per heavy atom. The van der Waals surface area contributed by atoms with Crippen LogP contribution in [-0.4, -0.2) is 16.2 Å². The molecule has 1 heterocycles. The first-order valence-electron chi connectivity index (χ1n) is 4.79. The molecule has 0 radical (unpaired) electrons. The smallest absolute Gasteiger partial charge is 0.238 e. The molecule has 0 unspecified atom stereocenters. The predicted molar refractivity (Wildman–Crippen MR) is 72.4 cm³/mol. The van der Waals surface area contributed by atoms with Gasteiger partial charge in [0.15, 0.2) is 0 Å². The molecule has 6 heteroatoms. The third kappa shape index (κ3) is 3.10. The number of nitrogens with two attached hydrogens (primary N) is 1. The van der Waals surface area contributed by atoms with Gasteiger partial charge in [-0.15, -0.1) is 11.8 Å². The number of halogens is 1. The molecule has 88 valence electrons. The quantitative estimate of drug-likeness (QED) is 0.881. The lowest BCUT2D eigenvalue weighted by Crippen LogP contribution is -1.97. The largest absolute Gasteiger partial charge is 0.438 e. The number of hydrogen-bond acceptors (Lipinski definition) is 5. The molecular formula is C11H10BrN3OS. The normalized spacial score (nSPS) is 10.2. The van der Waals surface area contributed by atoms with E-state index < -0.39 is 0 Å². The molecule has 0 aliphatic carbocycles. The molecule has 0 aliphatic rings. The van der Waals surface area contributed by atoms with Crippen molar-refractivity contribution in [2.45, 2.75) is 4.90 Å². The molecule has 2 N–H and O–H groups in total. The van der Waals surface area contributed by atoms with Crippen LogP contribution in [0.2, 0.25) is 0 Å². The van der Waals surface area contributed by atoms with E-state index in [1.165, 1.54) is 4.90 Å². The van der Waals surface area contributed by atoms with Crippen LogP contribution in [0.25, 0.3) is 0 Å². The van der Waals surface area contributed by atoms with Gasteiger partial charge in [0.05, 0.1) is 10.7 Å². The maximum atomic E-state index is 5.60. The van der Waals surface area contributed by atoms with E-state index in [1.54, 1.807) is 18.0 Å². The van der Waals surface area contributed by atoms with Crippen LogP contribution in [0.4, 0.5) is 5.95 Å². The topological polar surface area (TPSA) is 61.0 Å². The Morgan fingerprint density at radius 3 is 2.65 bits per heavy atom. The molecular weight excluding hydrogens is 302 g/mol. The second-order valence-electron chi connectivity index (χ2n) is 3.16. The highest BCUT2D eigenvalue weighted by molar-refractivity contribution is 9.10. The Balaban J connectivity index is 2.22. The van der Waals surface area contributed by atoms with E-state index >= 15 is 0 Å². The number of ether oxygens (including phenoxy) is 1. The second-order valence-corrected chi connectivity index (χ2v) is 4.89. The zero-order chi connectivity index (χ0) is 12.3. The predicted octanol–water partition coefficient (Wildman–Crippen LogP) is 3.34. The monoisotopic (exact) mass is 311 g/mol. The summed E-state index contributed by atoms with van der Waals surface area (Å²) in [6.07, 6.45) is 3.59. The Labute approximate surface area is 112 Å². The summed E-state index contributed by atoms with van der Waals surface area (Å²) >= 11 is 4.99. The van der Waals surface area contributed by atoms with Crippen LogP contribution in [0, 0.1) is 0 Å². The van der Waals surface area contributed by atoms with Gasteiger partial charge in [-0.3, -0.25) is 0 Å². The first-order chi connectivity index (χ1) is 8.19. The zero-order valence-corrected chi connectivity index (χ0v) is 11.5. The van der Waals surface area contributed by atoms with Gasteiger partial charge in [-0.1, -0.05) is 0 Å². The first kappa shape index (κ1) is 12.2. The van der Waals surface area contributed by atoms with Gasteiger partial charge in [0, 0.05) is 4.90 Å². The van der Waals surface area contributed by atoms with Gasteiger partial charge in [0.1, 0.15) is 5.75 Å². The van der Waals surface area contributed by atoms with Crippen LogP contribution in [0.15, 0.2) is 39.8 Å². The third-order valence-corrected chi connectivity index (χ3v) is 3.29. The Morgan fingerprint density at radius 1 is 1.29 bits per heavy atom. The summed E-state index contributed by atoms with van der Waals surface area (Å²) in [6, 6.07) is 7.74. The van der Waals surface area contributed by atoms with Crippen molar-refractivity contribution in [1.29, 1.82) is 0 Å². The average Bonchev–Trinajstić information content (AvgIpc) is 2.35. The average molecular weight is 312 g/mol. The number of thioether (sulfide) groups is 1. The highest BCUT2D eigenvalue weighted by Crippen LogP contribution is 2.28. The summed E-state index contributed by atoms with van der Waals surface area (Å²) < 4.78 is 6.27. The van der Waals surface area contributed by atoms with Gasteiger partial charge >= 0.3 is 0 Å². The van der Waals surface area contributed by atoms with Crippen molar-refractivity contribution in [3.05, 3.63) is 34.9 Å². The van der Waals surface area contributed by atoms with Gasteiger partial charge in [-0.2, -0.15) is 4.98 Å². The fourth-order valence-corrected chi connectivity index (χ4v) is 1.87. The number of benzene rings is 1. The molecule has 0 bridgehead atoms. The summed E-state index contributed by atoms with van der Waals surface area (Å²) in [4.78, 5) is 9.03. The third-order valence-electron chi connectivity index (χ3n) is 2.00. The number of hydrogen-bond donors (Lipinski definition) is 1. The molecule has 0 saturated carbocycles. The maximum Gasteiger partial charge on any atom is 0.238 e. The van der Waals surface area contributed by atoms with Gasteiger partial charge in [0.2, 0.25) is 11.8 Å². The lowest BCUT2D eigenvalue weighted by Gasteiger charge is -2.07. The summed E-state index contributed by atoms with van der Waals surface area (Å²) in [6.45, 7) is 0. The van der Waals surface area contributed by atoms with Crippen molar-refractivity contribution in [2.75, 3.05) is 12.0 Å². The van der Waals surface area contributed by atoms with Gasteiger partial charge in [0.25, 0.3) is 0 Å². The molecule has 1 aromatic carbocycles. The van der Waals surface area contributed by atoms with Crippen LogP contribution in [0.3, 0.4) is 0 Å². The Bertz CT molecular complexity index is 519. The molecule has 0 spiro atoms. The minimum atomic E-state index is 0.184. The van der Waals surface area contributed by atoms with E-state index in [0.717, 1.165) is 0 Å². The molecule has 17 heavy (non-hydrogen) atoms. The lowest BCUT2D eigenvalue weighted by atomic mass is 10.3. The summed E-state index contributed by atoms with van der Waals surface area (Å²) in [5, 5.41) is 0. The molecule has 0 aliphatic heterocycles. The molecule has 0 saturated heterocycles. The molecule has 2 aromatic rings. The Kier molecular flexibility index (Phi) is 3.86. The SMILES string of the molecule is CSc1ccc(Oc2nc(N)ncc2Br)cc1. The van der Waals surface area contributed by atoms with Crippen LogP contribution >= 0.6 is 27.7 Å². The minimum Gasteiger partial charge on any atom is -0.438 e. The number of anilines is 1. The van der Waals surface area contributed by atoms with Crippen molar-refractivity contribution in [3.8, 4) is 11.6 Å². The first-order valence-corrected chi connectivity index (χ1v) is 6.81. The van der Waals surface area contributed by atoms with Gasteiger partial charge < -0.3 is 10.5 Å². The molecule has 0 amide bonds. The number of rotatable bonds is 3. The highest BCUT2D eigenvalue weighted by Gasteiger charge is 2.06. The van der Waals surface area contributed by atoms with E-state index in [9.17, 15) is 0 Å². The number of aromatic nitrogens is 2. The van der Waals surface area contributed by atoms with Crippen molar-refractivity contribution in [1.82, 2.24) is 9.97 Å². The maximum absolute atomic E-state index is 5.60. The number of nitrogen functional groups attached to an aromatic ring is 1. The van der Waals surface area contributed by atoms with E-state index in [4.69, 9.17) is 10.5 Å². The van der Waals surface area contributed by atoms with E-state index in [2.05, 4.69) is 25.9 Å². The van der Waals surface area contributed by atoms with Crippen LogP contribution in [0.1, 0.15) is 0 Å². The van der Waals surface area contributed by atoms with Gasteiger partial charge in [-0.25, -0.2) is 4.98 Å². The van der Waals surface area contributed by atoms with Gasteiger partial charge in [-0.05, 0) is 46.5 Å². The van der Waals surface area contributed by atoms with Crippen molar-refractivity contribution in [2.24, 2.45) is 0 Å². The van der Waals surface area contributed by atoms with Crippen molar-refractivity contribution in [3.63, 3.8) is 0 Å². The van der Waals surface area contributed by atoms with E-state index in [0.29, 0.717) is 16.1 Å². The van der Waals surface area contributed by atoms with Crippen molar-refractivity contribution >= 4 is 33.6 Å². The standard InChI is InChI=1S/C11H10BrN3OS/c1-17-8-4-2-7(3-5-8)16-10-9(12)6-14-11(13)15-10/h2-6H,1H3,(H2,13,14,15). The van der Waals surface area contributed by atoms with Crippen LogP contribution in [-0.2, 0) is 0 Å². The van der Waals surface area contributed by atoms with E-state index in [-0.39, 0.29) is 5.95 Å². The fourth-order valence-electron chi connectivity index (χ4n) is 1.19. The second kappa shape index (κ2) is 5.37. The molecule has 4 nitrogen and oxygen atoms in total. The number of nitrogens with zero attached hydrogens (tertiary/aromatic N) is 2. The lowest BCUT2D eigenvalue weighted by molar-refractivity contribution is 0.459. The summed E-state index contributed by atoms with van der Waals surface area (Å²) in [5.74, 6) is 1.31. The highest BCUT2D eigenvalue weighted by atomic mass is 79.9. The molecule has 2 rings (SSSR count).